The van der Waals surface area contributed by atoms with Crippen molar-refractivity contribution in [2.24, 2.45) is 0 Å². The molecule has 1 amide bonds. The minimum atomic E-state index is -0.545. The fourth-order valence-electron chi connectivity index (χ4n) is 3.75. The van der Waals surface area contributed by atoms with E-state index in [1.807, 2.05) is 46.7 Å². The average Bonchev–Trinajstić information content (AvgIpc) is 3.66. The SMILES string of the molecule is CC(C)Oc1cccc(OC(C)C)c1OC(=O)c1ccnc(CNCC(=O)N(CCN(C)C)C2CC2)c1. The van der Waals surface area contributed by atoms with Crippen LogP contribution in [0.4, 0.5) is 0 Å². The van der Waals surface area contributed by atoms with E-state index in [9.17, 15) is 9.59 Å². The molecule has 1 aliphatic carbocycles. The van der Waals surface area contributed by atoms with Crippen LogP contribution in [0.25, 0.3) is 0 Å². The monoisotopic (exact) mass is 512 g/mol. The van der Waals surface area contributed by atoms with E-state index in [2.05, 4.69) is 15.2 Å². The summed E-state index contributed by atoms with van der Waals surface area (Å²) >= 11 is 0. The normalized spacial score (nSPS) is 13.2. The van der Waals surface area contributed by atoms with Gasteiger partial charge in [0.2, 0.25) is 11.7 Å². The van der Waals surface area contributed by atoms with Gasteiger partial charge in [-0.3, -0.25) is 9.78 Å². The van der Waals surface area contributed by atoms with Crippen molar-refractivity contribution in [2.45, 2.75) is 65.3 Å². The van der Waals surface area contributed by atoms with Crippen molar-refractivity contribution >= 4 is 11.9 Å². The van der Waals surface area contributed by atoms with Crippen molar-refractivity contribution in [1.82, 2.24) is 20.1 Å². The van der Waals surface area contributed by atoms with Gasteiger partial charge in [0, 0.05) is 31.9 Å². The second-order valence-corrected chi connectivity index (χ2v) is 10.1. The van der Waals surface area contributed by atoms with Gasteiger partial charge in [0.1, 0.15) is 0 Å². The Bertz CT molecular complexity index is 1020. The molecule has 202 valence electrons. The van der Waals surface area contributed by atoms with E-state index in [0.717, 1.165) is 25.9 Å². The van der Waals surface area contributed by atoms with Crippen LogP contribution >= 0.6 is 0 Å². The molecule has 37 heavy (non-hydrogen) atoms. The predicted molar refractivity (Wildman–Crippen MR) is 142 cm³/mol. The van der Waals surface area contributed by atoms with E-state index in [1.165, 1.54) is 0 Å². The second kappa shape index (κ2) is 13.4. The lowest BCUT2D eigenvalue weighted by Gasteiger charge is -2.24. The molecule has 0 aliphatic heterocycles. The average molecular weight is 513 g/mol. The Balaban J connectivity index is 1.64. The van der Waals surface area contributed by atoms with Crippen LogP contribution in [0, 0.1) is 0 Å². The van der Waals surface area contributed by atoms with Crippen LogP contribution in [0.3, 0.4) is 0 Å². The number of benzene rings is 1. The predicted octanol–water partition coefficient (Wildman–Crippen LogP) is 3.52. The first-order valence-corrected chi connectivity index (χ1v) is 12.9. The number of amides is 1. The molecule has 0 spiro atoms. The number of carbonyl (C=O) groups excluding carboxylic acids is 2. The lowest BCUT2D eigenvalue weighted by Crippen LogP contribution is -2.42. The van der Waals surface area contributed by atoms with E-state index < -0.39 is 5.97 Å². The van der Waals surface area contributed by atoms with Crippen LogP contribution in [0.5, 0.6) is 17.2 Å². The van der Waals surface area contributed by atoms with E-state index >= 15 is 0 Å². The first kappa shape index (κ1) is 28.4. The molecule has 0 radical (unpaired) electrons. The lowest BCUT2D eigenvalue weighted by atomic mass is 10.2. The van der Waals surface area contributed by atoms with Crippen molar-refractivity contribution < 1.29 is 23.8 Å². The molecule has 0 atom stereocenters. The zero-order valence-electron chi connectivity index (χ0n) is 22.8. The highest BCUT2D eigenvalue weighted by Gasteiger charge is 2.31. The van der Waals surface area contributed by atoms with Gasteiger partial charge in [-0.25, -0.2) is 4.79 Å². The lowest BCUT2D eigenvalue weighted by molar-refractivity contribution is -0.131. The summed E-state index contributed by atoms with van der Waals surface area (Å²) in [6.45, 7) is 9.75. The van der Waals surface area contributed by atoms with Gasteiger partial charge in [0.15, 0.2) is 11.5 Å². The molecule has 1 fully saturated rings. The molecule has 1 aromatic heterocycles. The molecule has 1 heterocycles. The smallest absolute Gasteiger partial charge is 0.343 e. The first-order valence-electron chi connectivity index (χ1n) is 12.9. The van der Waals surface area contributed by atoms with Crippen LogP contribution in [-0.2, 0) is 11.3 Å². The Labute approximate surface area is 220 Å². The molecule has 9 nitrogen and oxygen atoms in total. The molecule has 3 rings (SSSR count). The summed E-state index contributed by atoms with van der Waals surface area (Å²) < 4.78 is 17.5. The number of likely N-dealkylation sites (N-methyl/N-ethyl adjacent to an activating group) is 1. The van der Waals surface area contributed by atoms with Gasteiger partial charge >= 0.3 is 5.97 Å². The number of ether oxygens (including phenoxy) is 3. The number of aromatic nitrogens is 1. The van der Waals surface area contributed by atoms with Crippen molar-refractivity contribution in [3.05, 3.63) is 47.8 Å². The Morgan fingerprint density at radius 1 is 1.03 bits per heavy atom. The number of rotatable bonds is 14. The van der Waals surface area contributed by atoms with Gasteiger partial charge in [0.05, 0.1) is 30.0 Å². The zero-order valence-corrected chi connectivity index (χ0v) is 22.8. The highest BCUT2D eigenvalue weighted by Crippen LogP contribution is 2.39. The number of hydrogen-bond donors (Lipinski definition) is 1. The molecule has 1 aromatic carbocycles. The maximum Gasteiger partial charge on any atom is 0.343 e. The largest absolute Gasteiger partial charge is 0.487 e. The van der Waals surface area contributed by atoms with Crippen molar-refractivity contribution in [2.75, 3.05) is 33.7 Å². The molecule has 0 unspecified atom stereocenters. The van der Waals surface area contributed by atoms with Gasteiger partial charge in [0.25, 0.3) is 0 Å². The summed E-state index contributed by atoms with van der Waals surface area (Å²) in [5.41, 5.74) is 0.984. The first-order chi connectivity index (χ1) is 17.6. The molecule has 0 saturated heterocycles. The summed E-state index contributed by atoms with van der Waals surface area (Å²) in [6, 6.07) is 8.92. The number of hydrogen-bond acceptors (Lipinski definition) is 8. The third-order valence-electron chi connectivity index (χ3n) is 5.59. The van der Waals surface area contributed by atoms with E-state index in [1.54, 1.807) is 36.5 Å². The maximum absolute atomic E-state index is 13.1. The fourth-order valence-corrected chi connectivity index (χ4v) is 3.75. The topological polar surface area (TPSA) is 93.2 Å². The van der Waals surface area contributed by atoms with Gasteiger partial charge < -0.3 is 29.3 Å². The van der Waals surface area contributed by atoms with E-state index in [4.69, 9.17) is 14.2 Å². The van der Waals surface area contributed by atoms with Crippen LogP contribution in [0.2, 0.25) is 0 Å². The molecular formula is C28H40N4O5. The summed E-state index contributed by atoms with van der Waals surface area (Å²) in [7, 11) is 4.01. The molecule has 1 saturated carbocycles. The van der Waals surface area contributed by atoms with Gasteiger partial charge in [-0.05, 0) is 78.9 Å². The molecule has 1 aliphatic rings. The molecule has 2 aromatic rings. The third kappa shape index (κ3) is 9.02. The van der Waals surface area contributed by atoms with E-state index in [0.29, 0.717) is 35.3 Å². The van der Waals surface area contributed by atoms with Crippen LogP contribution in [-0.4, -0.2) is 78.6 Å². The molecular weight excluding hydrogens is 472 g/mol. The highest BCUT2D eigenvalue weighted by atomic mass is 16.6. The van der Waals surface area contributed by atoms with Gasteiger partial charge in [-0.15, -0.1) is 0 Å². The van der Waals surface area contributed by atoms with Gasteiger partial charge in [-0.1, -0.05) is 6.07 Å². The Hall–Kier alpha value is -3.17. The van der Waals surface area contributed by atoms with Crippen molar-refractivity contribution in [1.29, 1.82) is 0 Å². The summed E-state index contributed by atoms with van der Waals surface area (Å²) in [5.74, 6) is 0.654. The molecule has 1 N–H and O–H groups in total. The fraction of sp³-hybridized carbons (Fsp3) is 0.536. The Kier molecular flexibility index (Phi) is 10.3. The molecule has 9 heteroatoms. The van der Waals surface area contributed by atoms with Crippen LogP contribution in [0.1, 0.15) is 56.6 Å². The van der Waals surface area contributed by atoms with E-state index in [-0.39, 0.29) is 30.4 Å². The number of carbonyl (C=O) groups is 2. The van der Waals surface area contributed by atoms with Crippen LogP contribution < -0.4 is 19.5 Å². The quantitative estimate of drug-likeness (QED) is 0.304. The number of para-hydroxylation sites is 1. The summed E-state index contributed by atoms with van der Waals surface area (Å²) in [5, 5.41) is 3.17. The van der Waals surface area contributed by atoms with Crippen molar-refractivity contribution in [3.63, 3.8) is 0 Å². The standard InChI is InChI=1S/C28H40N4O5/c1-19(2)35-24-8-7-9-25(36-20(3)4)27(24)37-28(34)21-12-13-30-22(16-21)17-29-18-26(33)32(23-10-11-23)15-14-31(5)6/h7-9,12-13,16,19-20,23,29H,10-11,14-15,17-18H2,1-6H3. The number of nitrogens with zero attached hydrogens (tertiary/aromatic N) is 3. The highest BCUT2D eigenvalue weighted by molar-refractivity contribution is 5.91. The van der Waals surface area contributed by atoms with Crippen molar-refractivity contribution in [3.8, 4) is 17.2 Å². The summed E-state index contributed by atoms with van der Waals surface area (Å²) in [6.07, 6.45) is 3.49. The number of pyridine rings is 1. The Morgan fingerprint density at radius 3 is 2.24 bits per heavy atom. The zero-order chi connectivity index (χ0) is 26.9. The summed E-state index contributed by atoms with van der Waals surface area (Å²) in [4.78, 5) is 34.2. The Morgan fingerprint density at radius 2 is 1.68 bits per heavy atom. The number of nitrogens with one attached hydrogen (secondary N) is 1. The maximum atomic E-state index is 13.1. The minimum absolute atomic E-state index is 0.0827. The molecule has 0 bridgehead atoms. The van der Waals surface area contributed by atoms with Crippen LogP contribution in [0.15, 0.2) is 36.5 Å². The second-order valence-electron chi connectivity index (χ2n) is 10.1. The third-order valence-corrected chi connectivity index (χ3v) is 5.59. The number of esters is 1. The van der Waals surface area contributed by atoms with Gasteiger partial charge in [-0.2, -0.15) is 0 Å². The minimum Gasteiger partial charge on any atom is -0.487 e.